The van der Waals surface area contributed by atoms with Crippen LogP contribution in [0.3, 0.4) is 0 Å². The van der Waals surface area contributed by atoms with Crippen LogP contribution in [0.25, 0.3) is 92.3 Å². The highest BCUT2D eigenvalue weighted by atomic mass is 16.5. The summed E-state index contributed by atoms with van der Waals surface area (Å²) in [6, 6.07) is 19.9. The average molecular weight is 753 g/mol. The highest BCUT2D eigenvalue weighted by molar-refractivity contribution is 6.58. The summed E-state index contributed by atoms with van der Waals surface area (Å²) >= 11 is 0. The van der Waals surface area contributed by atoms with Gasteiger partial charge in [0.15, 0.2) is 0 Å². The molecule has 0 bridgehead atoms. The maximum atomic E-state index is 13.5. The van der Waals surface area contributed by atoms with E-state index in [2.05, 4.69) is 72.8 Å². The first kappa shape index (κ1) is 28.7. The third-order valence-corrected chi connectivity index (χ3v) is 19.2. The van der Waals surface area contributed by atoms with Crippen LogP contribution in [0, 0.1) is 5.92 Å². The Hall–Kier alpha value is -5.73. The van der Waals surface area contributed by atoms with E-state index in [1.165, 1.54) is 30.4 Å². The van der Waals surface area contributed by atoms with Gasteiger partial charge in [-0.3, -0.25) is 4.79 Å². The summed E-state index contributed by atoms with van der Waals surface area (Å²) in [5, 5.41) is 27.9. The molecule has 6 unspecified atom stereocenters. The third kappa shape index (κ3) is 2.49. The first-order chi connectivity index (χ1) is 29.2. The van der Waals surface area contributed by atoms with Crippen molar-refractivity contribution in [1.29, 1.82) is 0 Å². The standard InChI is InChI=1S/C57H36O2/c58-33(59-14-12-23-7-4-5-8-23)11-6-13-56(31-9-2-1-3-10-31)55-32-21-29-19-26-17-27-16-24-15-25-18-28-20-30-22-57(55,56)54-40(30)45-39(28)44-35(25)34(24)42-38(27)43-36(26)37(29)46-41(32)53(54)52-50(45)48(44)47(42)49(43)51(46)52/h1-4,7-10,17-18,20-21,24,30,34,55H,5-6,11-16,19,22H2. The van der Waals surface area contributed by atoms with Crippen LogP contribution in [-0.4, -0.2) is 12.6 Å². The van der Waals surface area contributed by atoms with Gasteiger partial charge in [0.2, 0.25) is 0 Å². The predicted octanol–water partition coefficient (Wildman–Crippen LogP) is 12.0. The molecule has 10 aromatic carbocycles. The van der Waals surface area contributed by atoms with Crippen LogP contribution in [0.1, 0.15) is 112 Å². The van der Waals surface area contributed by atoms with E-state index < -0.39 is 0 Å². The summed E-state index contributed by atoms with van der Waals surface area (Å²) in [6.45, 7) is 0.477. The van der Waals surface area contributed by atoms with Gasteiger partial charge in [-0.05, 0) is 203 Å². The molecule has 0 heterocycles. The van der Waals surface area contributed by atoms with Gasteiger partial charge in [-0.25, -0.2) is 0 Å². The second-order valence-electron chi connectivity index (χ2n) is 20.8. The maximum Gasteiger partial charge on any atom is 0.305 e. The van der Waals surface area contributed by atoms with Crippen molar-refractivity contribution in [3.05, 3.63) is 133 Å². The molecule has 0 N–H and O–H groups in total. The molecule has 0 aliphatic heterocycles. The minimum atomic E-state index is -0.0781. The predicted molar refractivity (Wildman–Crippen MR) is 238 cm³/mol. The molecule has 1 saturated carbocycles. The molecule has 2 nitrogen and oxygen atoms in total. The van der Waals surface area contributed by atoms with Crippen LogP contribution >= 0.6 is 0 Å². The summed E-state index contributed by atoms with van der Waals surface area (Å²) in [6.07, 6.45) is 18.2. The zero-order valence-electron chi connectivity index (χ0n) is 32.6. The van der Waals surface area contributed by atoms with Crippen LogP contribution in [0.15, 0.2) is 72.3 Å². The number of hydrogen-bond acceptors (Lipinski definition) is 2. The Morgan fingerprint density at radius 3 is 2.36 bits per heavy atom. The van der Waals surface area contributed by atoms with Crippen molar-refractivity contribution in [2.75, 3.05) is 6.61 Å². The highest BCUT2D eigenvalue weighted by Crippen LogP contribution is 2.87. The molecule has 0 amide bonds. The van der Waals surface area contributed by atoms with Crippen LogP contribution in [0.5, 0.6) is 0 Å². The Labute approximate surface area is 338 Å². The molecule has 19 rings (SSSR count). The minimum Gasteiger partial charge on any atom is -0.465 e. The van der Waals surface area contributed by atoms with Gasteiger partial charge in [-0.1, -0.05) is 72.8 Å². The minimum absolute atomic E-state index is 0.000861. The molecule has 0 saturated heterocycles. The first-order valence-corrected chi connectivity index (χ1v) is 22.8. The molecule has 276 valence electrons. The molecule has 6 atom stereocenters. The number of esters is 1. The molecule has 0 aromatic heterocycles. The lowest BCUT2D eigenvalue weighted by molar-refractivity contribution is -0.143. The molecule has 1 spiro atoms. The van der Waals surface area contributed by atoms with Crippen LogP contribution in [0.2, 0.25) is 0 Å². The first-order valence-electron chi connectivity index (χ1n) is 22.8. The number of fused-ring (bicyclic) bond motifs is 1. The second kappa shape index (κ2) is 8.35. The van der Waals surface area contributed by atoms with E-state index in [1.807, 2.05) is 0 Å². The van der Waals surface area contributed by atoms with Gasteiger partial charge < -0.3 is 4.74 Å². The second-order valence-corrected chi connectivity index (χ2v) is 20.8. The van der Waals surface area contributed by atoms with Crippen molar-refractivity contribution in [2.45, 2.75) is 86.4 Å². The molecule has 59 heavy (non-hydrogen) atoms. The summed E-state index contributed by atoms with van der Waals surface area (Å²) in [5.41, 5.74) is 17.8. The fraction of sp³-hybridized carbons (Fsp3) is 0.281. The lowest BCUT2D eigenvalue weighted by Gasteiger charge is -2.30. The molecule has 1 fully saturated rings. The number of benzene rings is 7. The number of ether oxygens (including phenoxy) is 1. The SMILES string of the molecule is O=C(CCCC1(c2ccccc2)C2c3cc4c5c6c(cc7c8c9c%10c%11c%12c%13c(cc%14c%12c%12c%15c(c%16c3c5c(c%10c86)c%16c%12%11)C21CC%15C=%14)CC(C7)C%139)C4)OCCC1=CCC=C1. The Morgan fingerprint density at radius 1 is 0.712 bits per heavy atom. The number of carbonyl (C=O) groups is 1. The van der Waals surface area contributed by atoms with E-state index >= 15 is 0 Å². The fourth-order valence-electron chi connectivity index (χ4n) is 18.0. The summed E-state index contributed by atoms with van der Waals surface area (Å²) in [4.78, 5) is 13.5. The molecule has 9 aliphatic carbocycles. The topological polar surface area (TPSA) is 26.3 Å². The molecular weight excluding hydrogens is 717 g/mol. The fourth-order valence-corrected chi connectivity index (χ4v) is 18.0. The van der Waals surface area contributed by atoms with Crippen LogP contribution in [-0.2, 0) is 39.6 Å². The normalized spacial score (nSPS) is 28.4. The molecule has 10 aromatic rings. The number of hydrogen-bond donors (Lipinski definition) is 0. The van der Waals surface area contributed by atoms with E-state index in [0.29, 0.717) is 36.7 Å². The summed E-state index contributed by atoms with van der Waals surface area (Å²) < 4.78 is 5.92. The summed E-state index contributed by atoms with van der Waals surface area (Å²) in [7, 11) is 0. The molecule has 0 radical (unpaired) electrons. The van der Waals surface area contributed by atoms with E-state index in [4.69, 9.17) is 4.74 Å². The lowest BCUT2D eigenvalue weighted by Crippen LogP contribution is -2.21. The highest BCUT2D eigenvalue weighted by Gasteiger charge is 2.81. The zero-order valence-corrected chi connectivity index (χ0v) is 32.6. The van der Waals surface area contributed by atoms with Crippen molar-refractivity contribution in [3.63, 3.8) is 0 Å². The van der Waals surface area contributed by atoms with Crippen LogP contribution in [0.4, 0.5) is 0 Å². The van der Waals surface area contributed by atoms with Crippen LogP contribution < -0.4 is 5.22 Å². The van der Waals surface area contributed by atoms with Crippen molar-refractivity contribution in [1.82, 2.24) is 0 Å². The Kier molecular flexibility index (Phi) is 4.06. The van der Waals surface area contributed by atoms with E-state index in [9.17, 15) is 4.79 Å². The van der Waals surface area contributed by atoms with Gasteiger partial charge >= 0.3 is 5.97 Å². The smallest absolute Gasteiger partial charge is 0.305 e. The van der Waals surface area contributed by atoms with Gasteiger partial charge in [0.1, 0.15) is 0 Å². The largest absolute Gasteiger partial charge is 0.465 e. The van der Waals surface area contributed by atoms with Gasteiger partial charge in [0.05, 0.1) is 6.61 Å². The Balaban J connectivity index is 0.950. The Morgan fingerprint density at radius 2 is 1.47 bits per heavy atom. The van der Waals surface area contributed by atoms with E-state index in [0.717, 1.165) is 32.1 Å². The molecule has 9 aliphatic rings. The summed E-state index contributed by atoms with van der Waals surface area (Å²) in [5.74, 6) is 2.00. The van der Waals surface area contributed by atoms with Gasteiger partial charge in [0.25, 0.3) is 0 Å². The van der Waals surface area contributed by atoms with Gasteiger partial charge in [0, 0.05) is 41.4 Å². The monoisotopic (exact) mass is 752 g/mol. The van der Waals surface area contributed by atoms with Gasteiger partial charge in [-0.15, -0.1) is 0 Å². The van der Waals surface area contributed by atoms with Crippen molar-refractivity contribution >= 4 is 98.2 Å². The van der Waals surface area contributed by atoms with Crippen molar-refractivity contribution < 1.29 is 9.53 Å². The number of allylic oxidation sites excluding steroid dienone is 3. The van der Waals surface area contributed by atoms with E-state index in [-0.39, 0.29) is 16.8 Å². The molecule has 2 heteroatoms. The number of carbonyl (C=O) groups excluding carboxylic acids is 1. The number of rotatable bonds is 8. The zero-order chi connectivity index (χ0) is 37.3. The average Bonchev–Trinajstić information content (AvgIpc) is 4.03. The molecular formula is C57H36O2. The van der Waals surface area contributed by atoms with E-state index in [1.54, 1.807) is 141 Å². The quantitative estimate of drug-likeness (QED) is 0.114. The Bertz CT molecular complexity index is 3970. The third-order valence-electron chi connectivity index (χ3n) is 19.2. The van der Waals surface area contributed by atoms with Crippen molar-refractivity contribution in [3.8, 4) is 0 Å². The van der Waals surface area contributed by atoms with Crippen molar-refractivity contribution in [2.24, 2.45) is 5.92 Å². The lowest BCUT2D eigenvalue weighted by atomic mass is 9.72. The van der Waals surface area contributed by atoms with Gasteiger partial charge in [-0.2, -0.15) is 0 Å². The maximum absolute atomic E-state index is 13.5.